The summed E-state index contributed by atoms with van der Waals surface area (Å²) in [6.45, 7) is 0.589. The second-order valence-corrected chi connectivity index (χ2v) is 7.11. The second kappa shape index (κ2) is 7.24. The summed E-state index contributed by atoms with van der Waals surface area (Å²) >= 11 is 0. The number of aromatic nitrogens is 4. The number of methoxy groups -OCH3 is 1. The molecule has 0 atom stereocenters. The van der Waals surface area contributed by atoms with Crippen molar-refractivity contribution in [1.29, 1.82) is 0 Å². The van der Waals surface area contributed by atoms with Crippen LogP contribution in [-0.4, -0.2) is 50.2 Å². The van der Waals surface area contributed by atoms with Crippen molar-refractivity contribution < 1.29 is 22.7 Å². The number of imidazole rings is 1. The third kappa shape index (κ3) is 3.34. The van der Waals surface area contributed by atoms with Gasteiger partial charge < -0.3 is 9.64 Å². The van der Waals surface area contributed by atoms with Gasteiger partial charge in [0, 0.05) is 33.2 Å². The fraction of sp³-hybridized carbons (Fsp3) is 0.368. The number of hydrogen-bond donors (Lipinski definition) is 0. The van der Waals surface area contributed by atoms with E-state index in [2.05, 4.69) is 9.97 Å². The van der Waals surface area contributed by atoms with Gasteiger partial charge in [-0.2, -0.15) is 13.2 Å². The Kier molecular flexibility index (Phi) is 4.85. The highest BCUT2D eigenvalue weighted by atomic mass is 19.4. The molecule has 1 aliphatic heterocycles. The largest absolute Gasteiger partial charge is 0.416 e. The Labute approximate surface area is 168 Å². The van der Waals surface area contributed by atoms with Gasteiger partial charge in [-0.05, 0) is 11.6 Å². The number of nitrogens with zero attached hydrogens (tertiary/aromatic N) is 5. The molecule has 0 spiro atoms. The lowest BCUT2D eigenvalue weighted by atomic mass is 9.90. The molecule has 0 bridgehead atoms. The highest BCUT2D eigenvalue weighted by Crippen LogP contribution is 2.34. The summed E-state index contributed by atoms with van der Waals surface area (Å²) in [7, 11) is 2.99. The summed E-state index contributed by atoms with van der Waals surface area (Å²) in [6, 6.07) is 4.52. The Balaban J connectivity index is 1.57. The summed E-state index contributed by atoms with van der Waals surface area (Å²) in [5.41, 5.74) is -0.229. The van der Waals surface area contributed by atoms with Crippen LogP contribution in [-0.2, 0) is 24.6 Å². The van der Waals surface area contributed by atoms with Gasteiger partial charge in [0.15, 0.2) is 11.5 Å². The number of benzene rings is 1. The molecular formula is C19H18F3N5O3. The van der Waals surface area contributed by atoms with Crippen LogP contribution in [0, 0.1) is 0 Å². The molecule has 1 amide bonds. The van der Waals surface area contributed by atoms with Crippen LogP contribution in [0.3, 0.4) is 0 Å². The second-order valence-electron chi connectivity index (χ2n) is 7.11. The SMILES string of the molecule is COCc1ncc2c(n1)n(C)c(=O)n2C(=O)N1CC(c2cccc(C(F)(F)F)c2)C1. The fourth-order valence-corrected chi connectivity index (χ4v) is 3.49. The summed E-state index contributed by atoms with van der Waals surface area (Å²) in [5.74, 6) is 0.144. The van der Waals surface area contributed by atoms with Crippen LogP contribution in [0.25, 0.3) is 11.2 Å². The Hall–Kier alpha value is -3.21. The number of fused-ring (bicyclic) bond motifs is 1. The molecule has 4 rings (SSSR count). The van der Waals surface area contributed by atoms with Crippen molar-refractivity contribution in [3.05, 3.63) is 57.9 Å². The molecule has 8 nitrogen and oxygen atoms in total. The van der Waals surface area contributed by atoms with Crippen LogP contribution in [0.4, 0.5) is 18.0 Å². The quantitative estimate of drug-likeness (QED) is 0.649. The molecule has 158 valence electrons. The lowest BCUT2D eigenvalue weighted by molar-refractivity contribution is -0.137. The van der Waals surface area contributed by atoms with Crippen LogP contribution in [0.2, 0.25) is 0 Å². The van der Waals surface area contributed by atoms with Crippen molar-refractivity contribution in [2.75, 3.05) is 20.2 Å². The van der Waals surface area contributed by atoms with Crippen molar-refractivity contribution in [2.24, 2.45) is 7.05 Å². The summed E-state index contributed by atoms with van der Waals surface area (Å²) < 4.78 is 46.0. The molecule has 0 radical (unpaired) electrons. The van der Waals surface area contributed by atoms with Gasteiger partial charge in [0.1, 0.15) is 12.1 Å². The van der Waals surface area contributed by atoms with E-state index in [9.17, 15) is 22.8 Å². The van der Waals surface area contributed by atoms with E-state index in [1.165, 1.54) is 35.9 Å². The molecular weight excluding hydrogens is 403 g/mol. The highest BCUT2D eigenvalue weighted by Gasteiger charge is 2.36. The van der Waals surface area contributed by atoms with Crippen LogP contribution >= 0.6 is 0 Å². The molecule has 1 saturated heterocycles. The maximum atomic E-state index is 12.9. The normalized spacial score (nSPS) is 14.9. The molecule has 1 aliphatic rings. The fourth-order valence-electron chi connectivity index (χ4n) is 3.49. The van der Waals surface area contributed by atoms with Crippen molar-refractivity contribution in [3.63, 3.8) is 0 Å². The van der Waals surface area contributed by atoms with Gasteiger partial charge in [-0.15, -0.1) is 0 Å². The van der Waals surface area contributed by atoms with Crippen LogP contribution in [0.15, 0.2) is 35.3 Å². The summed E-state index contributed by atoms with van der Waals surface area (Å²) in [5, 5.41) is 0. The first-order chi connectivity index (χ1) is 14.2. The molecule has 3 heterocycles. The minimum atomic E-state index is -4.42. The van der Waals surface area contributed by atoms with Gasteiger partial charge in [-0.25, -0.2) is 24.1 Å². The number of carbonyl (C=O) groups excluding carboxylic acids is 1. The monoisotopic (exact) mass is 421 g/mol. The summed E-state index contributed by atoms with van der Waals surface area (Å²) in [4.78, 5) is 35.3. The third-order valence-corrected chi connectivity index (χ3v) is 5.14. The van der Waals surface area contributed by atoms with Crippen molar-refractivity contribution >= 4 is 17.2 Å². The number of hydrogen-bond acceptors (Lipinski definition) is 5. The number of rotatable bonds is 3. The van der Waals surface area contributed by atoms with E-state index in [1.807, 2.05) is 0 Å². The van der Waals surface area contributed by atoms with Crippen LogP contribution < -0.4 is 5.69 Å². The average molecular weight is 421 g/mol. The molecule has 11 heteroatoms. The zero-order chi connectivity index (χ0) is 21.6. The number of alkyl halides is 3. The first kappa shape index (κ1) is 20.1. The van der Waals surface area contributed by atoms with Crippen LogP contribution in [0.1, 0.15) is 22.9 Å². The maximum Gasteiger partial charge on any atom is 0.416 e. The van der Waals surface area contributed by atoms with Gasteiger partial charge in [0.05, 0.1) is 11.8 Å². The van der Waals surface area contributed by atoms with Gasteiger partial charge in [0.2, 0.25) is 0 Å². The molecule has 0 N–H and O–H groups in total. The Morgan fingerprint density at radius 3 is 2.70 bits per heavy atom. The van der Waals surface area contributed by atoms with E-state index in [0.29, 0.717) is 17.0 Å². The van der Waals surface area contributed by atoms with Crippen molar-refractivity contribution in [2.45, 2.75) is 18.7 Å². The predicted octanol–water partition coefficient (Wildman–Crippen LogP) is 2.36. The third-order valence-electron chi connectivity index (χ3n) is 5.14. The lowest BCUT2D eigenvalue weighted by Crippen LogP contribution is -2.52. The van der Waals surface area contributed by atoms with E-state index in [0.717, 1.165) is 16.7 Å². The van der Waals surface area contributed by atoms with E-state index in [-0.39, 0.29) is 31.1 Å². The topological polar surface area (TPSA) is 82.2 Å². The molecule has 0 unspecified atom stereocenters. The number of likely N-dealkylation sites (tertiary alicyclic amines) is 1. The minimum Gasteiger partial charge on any atom is -0.377 e. The van der Waals surface area contributed by atoms with Gasteiger partial charge in [-0.3, -0.25) is 4.57 Å². The smallest absolute Gasteiger partial charge is 0.377 e. The molecule has 0 aliphatic carbocycles. The molecule has 2 aromatic heterocycles. The average Bonchev–Trinajstić information content (AvgIpc) is 2.91. The number of amides is 1. The molecule has 30 heavy (non-hydrogen) atoms. The Bertz CT molecular complexity index is 1180. The summed E-state index contributed by atoms with van der Waals surface area (Å²) in [6.07, 6.45) is -3.03. The number of halogens is 3. The number of aryl methyl sites for hydroxylation is 1. The van der Waals surface area contributed by atoms with Crippen molar-refractivity contribution in [1.82, 2.24) is 24.0 Å². The Morgan fingerprint density at radius 1 is 1.30 bits per heavy atom. The maximum absolute atomic E-state index is 12.9. The number of ether oxygens (including phenoxy) is 1. The first-order valence-corrected chi connectivity index (χ1v) is 9.09. The lowest BCUT2D eigenvalue weighted by Gasteiger charge is -2.39. The van der Waals surface area contributed by atoms with E-state index < -0.39 is 23.5 Å². The number of carbonyl (C=O) groups is 1. The molecule has 1 aromatic carbocycles. The highest BCUT2D eigenvalue weighted by molar-refractivity contribution is 5.88. The van der Waals surface area contributed by atoms with Gasteiger partial charge in [0.25, 0.3) is 0 Å². The van der Waals surface area contributed by atoms with Gasteiger partial charge >= 0.3 is 17.9 Å². The Morgan fingerprint density at radius 2 is 2.03 bits per heavy atom. The zero-order valence-corrected chi connectivity index (χ0v) is 16.2. The van der Waals surface area contributed by atoms with E-state index >= 15 is 0 Å². The van der Waals surface area contributed by atoms with E-state index in [4.69, 9.17) is 4.74 Å². The molecule has 1 fully saturated rings. The van der Waals surface area contributed by atoms with Crippen LogP contribution in [0.5, 0.6) is 0 Å². The minimum absolute atomic E-state index is 0.161. The standard InChI is InChI=1S/C19H18F3N5O3/c1-25-16-14(7-23-15(24-16)10-30-2)27(17(25)28)18(29)26-8-12(9-26)11-4-3-5-13(6-11)19(20,21)22/h3-7,12H,8-10H2,1-2H3. The van der Waals surface area contributed by atoms with Crippen molar-refractivity contribution in [3.8, 4) is 0 Å². The predicted molar refractivity (Wildman–Crippen MR) is 100 cm³/mol. The zero-order valence-electron chi connectivity index (χ0n) is 16.2. The first-order valence-electron chi connectivity index (χ1n) is 9.09. The molecule has 0 saturated carbocycles. The molecule has 3 aromatic rings. The van der Waals surface area contributed by atoms with Gasteiger partial charge in [-0.1, -0.05) is 18.2 Å². The van der Waals surface area contributed by atoms with E-state index in [1.54, 1.807) is 6.07 Å².